The van der Waals surface area contributed by atoms with E-state index in [1.54, 1.807) is 4.90 Å². The topological polar surface area (TPSA) is 92.5 Å². The van der Waals surface area contributed by atoms with E-state index >= 15 is 0 Å². The first-order valence-corrected chi connectivity index (χ1v) is 10.3. The van der Waals surface area contributed by atoms with Gasteiger partial charge < -0.3 is 16.0 Å². The van der Waals surface area contributed by atoms with Crippen molar-refractivity contribution in [2.24, 2.45) is 17.6 Å². The number of nitrogens with one attached hydrogen (secondary N) is 1. The Balaban J connectivity index is 0.00000420. The van der Waals surface area contributed by atoms with Crippen molar-refractivity contribution in [2.75, 3.05) is 26.2 Å². The predicted molar refractivity (Wildman–Crippen MR) is 117 cm³/mol. The molecule has 0 aliphatic carbocycles. The number of likely N-dealkylation sites (tertiary alicyclic amines) is 1. The van der Waals surface area contributed by atoms with Gasteiger partial charge in [-0.15, -0.1) is 12.4 Å². The molecule has 1 aromatic rings. The van der Waals surface area contributed by atoms with Gasteiger partial charge in [0.25, 0.3) is 0 Å². The van der Waals surface area contributed by atoms with Gasteiger partial charge in [-0.25, -0.2) is 0 Å². The van der Waals surface area contributed by atoms with Gasteiger partial charge in [-0.05, 0) is 30.7 Å². The van der Waals surface area contributed by atoms with E-state index in [9.17, 15) is 14.4 Å². The number of benzene rings is 1. The number of carbonyl (C=O) groups excluding carboxylic acids is 3. The van der Waals surface area contributed by atoms with Crippen LogP contribution in [0.1, 0.15) is 55.5 Å². The first-order valence-electron chi connectivity index (χ1n) is 10.3. The molecule has 0 bridgehead atoms. The normalized spacial score (nSPS) is 16.3. The van der Waals surface area contributed by atoms with E-state index in [2.05, 4.69) is 19.2 Å². The molecule has 1 atom stereocenters. The highest BCUT2D eigenvalue weighted by atomic mass is 35.5. The van der Waals surface area contributed by atoms with Crippen molar-refractivity contribution in [3.8, 4) is 0 Å². The number of halogens is 1. The summed E-state index contributed by atoms with van der Waals surface area (Å²) in [6.45, 7) is 6.26. The fourth-order valence-corrected chi connectivity index (χ4v) is 3.58. The van der Waals surface area contributed by atoms with Crippen LogP contribution in [0.4, 0.5) is 0 Å². The predicted octanol–water partition coefficient (Wildman–Crippen LogP) is 2.58. The Morgan fingerprint density at radius 3 is 2.48 bits per heavy atom. The van der Waals surface area contributed by atoms with Crippen molar-refractivity contribution >= 4 is 30.0 Å². The van der Waals surface area contributed by atoms with Crippen molar-refractivity contribution in [1.29, 1.82) is 0 Å². The van der Waals surface area contributed by atoms with E-state index in [4.69, 9.17) is 5.73 Å². The van der Waals surface area contributed by atoms with Crippen LogP contribution in [-0.2, 0) is 16.0 Å². The molecule has 1 saturated heterocycles. The Morgan fingerprint density at radius 2 is 1.86 bits per heavy atom. The third kappa shape index (κ3) is 8.15. The van der Waals surface area contributed by atoms with Crippen LogP contribution in [0.2, 0.25) is 0 Å². The van der Waals surface area contributed by atoms with Gasteiger partial charge >= 0.3 is 0 Å². The van der Waals surface area contributed by atoms with Crippen LogP contribution in [0.5, 0.6) is 0 Å². The third-order valence-corrected chi connectivity index (χ3v) is 5.07. The molecular formula is C22H34ClN3O3. The largest absolute Gasteiger partial charge is 0.355 e. The summed E-state index contributed by atoms with van der Waals surface area (Å²) < 4.78 is 0. The number of hydrogen-bond donors (Lipinski definition) is 2. The minimum atomic E-state index is -0.187. The van der Waals surface area contributed by atoms with Crippen molar-refractivity contribution in [2.45, 2.75) is 46.0 Å². The quantitative estimate of drug-likeness (QED) is 0.597. The second-order valence-corrected chi connectivity index (χ2v) is 7.98. The van der Waals surface area contributed by atoms with Crippen LogP contribution in [0.3, 0.4) is 0 Å². The second kappa shape index (κ2) is 12.6. The number of rotatable bonds is 9. The number of amides is 2. The molecule has 0 radical (unpaired) electrons. The fraction of sp³-hybridized carbons (Fsp3) is 0.591. The highest BCUT2D eigenvalue weighted by Gasteiger charge is 2.28. The molecule has 2 amide bonds. The number of nitrogens with zero attached hydrogens (tertiary/aromatic N) is 1. The maximum atomic E-state index is 12.5. The van der Waals surface area contributed by atoms with Gasteiger partial charge in [-0.2, -0.15) is 0 Å². The molecule has 6 nitrogen and oxygen atoms in total. The van der Waals surface area contributed by atoms with Gasteiger partial charge in [0.1, 0.15) is 0 Å². The number of piperidine rings is 1. The summed E-state index contributed by atoms with van der Waals surface area (Å²) in [5.41, 5.74) is 7.28. The van der Waals surface area contributed by atoms with Crippen molar-refractivity contribution in [1.82, 2.24) is 10.2 Å². The van der Waals surface area contributed by atoms with Gasteiger partial charge in [-0.3, -0.25) is 14.4 Å². The Kier molecular flexibility index (Phi) is 10.9. The molecule has 1 unspecified atom stereocenters. The summed E-state index contributed by atoms with van der Waals surface area (Å²) in [5.74, 6) is 0.277. The molecule has 1 aliphatic heterocycles. The molecule has 1 aromatic carbocycles. The van der Waals surface area contributed by atoms with Crippen molar-refractivity contribution in [3.05, 3.63) is 35.4 Å². The van der Waals surface area contributed by atoms with Crippen molar-refractivity contribution < 1.29 is 14.4 Å². The summed E-state index contributed by atoms with van der Waals surface area (Å²) in [7, 11) is 0. The van der Waals surface area contributed by atoms with E-state index < -0.39 is 0 Å². The van der Waals surface area contributed by atoms with Gasteiger partial charge in [-0.1, -0.05) is 38.1 Å². The standard InChI is InChI=1S/C22H33N3O3.ClH/c1-16(2)14-17-5-7-18(8-6-17)20(26)9-10-21(27)25-13-3-4-19(15-25)22(28)24-12-11-23;/h5-8,16,19H,3-4,9-15,23H2,1-2H3,(H,24,28);1H. The number of hydrogen-bond acceptors (Lipinski definition) is 4. The number of Topliss-reactive ketones (excluding diaryl/α,β-unsaturated/α-hetero) is 1. The maximum absolute atomic E-state index is 12.5. The minimum absolute atomic E-state index is 0. The molecule has 0 spiro atoms. The fourth-order valence-electron chi connectivity index (χ4n) is 3.58. The summed E-state index contributed by atoms with van der Waals surface area (Å²) in [5, 5.41) is 2.79. The van der Waals surface area contributed by atoms with Crippen LogP contribution < -0.4 is 11.1 Å². The Hall–Kier alpha value is -1.92. The zero-order valence-electron chi connectivity index (χ0n) is 17.5. The van der Waals surface area contributed by atoms with Crippen molar-refractivity contribution in [3.63, 3.8) is 0 Å². The highest BCUT2D eigenvalue weighted by molar-refractivity contribution is 5.98. The minimum Gasteiger partial charge on any atom is -0.355 e. The number of ketones is 1. The van der Waals surface area contributed by atoms with Crippen LogP contribution in [0.25, 0.3) is 0 Å². The van der Waals surface area contributed by atoms with Gasteiger partial charge in [0.05, 0.1) is 5.92 Å². The Bertz CT molecular complexity index is 676. The lowest BCUT2D eigenvalue weighted by atomic mass is 9.96. The zero-order valence-corrected chi connectivity index (χ0v) is 18.3. The van der Waals surface area contributed by atoms with Crippen LogP contribution in [0, 0.1) is 11.8 Å². The van der Waals surface area contributed by atoms with E-state index in [1.807, 2.05) is 24.3 Å². The summed E-state index contributed by atoms with van der Waals surface area (Å²) in [6, 6.07) is 7.68. The average Bonchev–Trinajstić information content (AvgIpc) is 2.70. The maximum Gasteiger partial charge on any atom is 0.224 e. The molecule has 162 valence electrons. The van der Waals surface area contributed by atoms with Gasteiger partial charge in [0, 0.05) is 44.6 Å². The summed E-state index contributed by atoms with van der Waals surface area (Å²) in [4.78, 5) is 38.8. The Morgan fingerprint density at radius 1 is 1.17 bits per heavy atom. The molecule has 1 heterocycles. The molecular weight excluding hydrogens is 390 g/mol. The number of nitrogens with two attached hydrogens (primary N) is 1. The molecule has 0 saturated carbocycles. The van der Waals surface area contributed by atoms with Gasteiger partial charge in [0.15, 0.2) is 5.78 Å². The zero-order chi connectivity index (χ0) is 20.5. The highest BCUT2D eigenvalue weighted by Crippen LogP contribution is 2.18. The smallest absolute Gasteiger partial charge is 0.224 e. The van der Waals surface area contributed by atoms with Crippen LogP contribution in [0.15, 0.2) is 24.3 Å². The van der Waals surface area contributed by atoms with E-state index in [0.29, 0.717) is 37.7 Å². The molecule has 0 aromatic heterocycles. The van der Waals surface area contributed by atoms with Crippen LogP contribution in [-0.4, -0.2) is 48.7 Å². The monoisotopic (exact) mass is 423 g/mol. The van der Waals surface area contributed by atoms with E-state index in [1.165, 1.54) is 5.56 Å². The lowest BCUT2D eigenvalue weighted by Crippen LogP contribution is -2.46. The lowest BCUT2D eigenvalue weighted by molar-refractivity contribution is -0.135. The summed E-state index contributed by atoms with van der Waals surface area (Å²) >= 11 is 0. The van der Waals surface area contributed by atoms with E-state index in [0.717, 1.165) is 19.3 Å². The Labute approximate surface area is 180 Å². The second-order valence-electron chi connectivity index (χ2n) is 7.98. The number of carbonyl (C=O) groups is 3. The molecule has 3 N–H and O–H groups in total. The SMILES string of the molecule is CC(C)Cc1ccc(C(=O)CCC(=O)N2CCCC(C(=O)NCCN)C2)cc1.Cl. The molecule has 29 heavy (non-hydrogen) atoms. The van der Waals surface area contributed by atoms with E-state index in [-0.39, 0.29) is 48.8 Å². The first kappa shape index (κ1) is 25.1. The third-order valence-electron chi connectivity index (χ3n) is 5.07. The molecule has 1 aliphatic rings. The molecule has 2 rings (SSSR count). The van der Waals surface area contributed by atoms with Crippen LogP contribution >= 0.6 is 12.4 Å². The molecule has 7 heteroatoms. The molecule has 1 fully saturated rings. The van der Waals surface area contributed by atoms with Gasteiger partial charge in [0.2, 0.25) is 11.8 Å². The first-order chi connectivity index (χ1) is 13.4. The summed E-state index contributed by atoms with van der Waals surface area (Å²) in [6.07, 6.45) is 2.95. The average molecular weight is 424 g/mol. The lowest BCUT2D eigenvalue weighted by Gasteiger charge is -2.32.